The van der Waals surface area contributed by atoms with Gasteiger partial charge in [0.2, 0.25) is 0 Å². The predicted molar refractivity (Wildman–Crippen MR) is 111 cm³/mol. The molecule has 1 heterocycles. The maximum absolute atomic E-state index is 10.2. The van der Waals surface area contributed by atoms with Gasteiger partial charge in [-0.25, -0.2) is 0 Å². The molecule has 5 aromatic rings. The van der Waals surface area contributed by atoms with Crippen molar-refractivity contribution in [2.75, 3.05) is 0 Å². The minimum Gasteiger partial charge on any atom is -0.507 e. The number of phenolic OH excluding ortho intramolecular Hbond substituents is 1. The topological polar surface area (TPSA) is 29.0 Å². The second-order valence-corrected chi connectivity index (χ2v) is 6.66. The number of aromatic nitrogens is 2. The highest BCUT2D eigenvalue weighted by molar-refractivity contribution is 5.75. The molecule has 0 saturated heterocycles. The third-order valence-electron chi connectivity index (χ3n) is 4.90. The average Bonchev–Trinajstić information content (AvgIpc) is 3.15. The first-order valence-corrected chi connectivity index (χ1v) is 9.20. The number of hydrogen-bond acceptors (Lipinski definition) is 1. The Balaban J connectivity index is 1.71. The monoisotopic (exact) mass is 362 g/mol. The van der Waals surface area contributed by atoms with Gasteiger partial charge in [-0.2, -0.15) is 0 Å². The Morgan fingerprint density at radius 2 is 1.46 bits per heavy atom. The van der Waals surface area contributed by atoms with Gasteiger partial charge >= 0.3 is 0 Å². The maximum atomic E-state index is 10.2. The smallest absolute Gasteiger partial charge is 0.269 e. The lowest BCUT2D eigenvalue weighted by atomic mass is 10.0. The molecule has 0 fully saturated rings. The third-order valence-corrected chi connectivity index (χ3v) is 4.90. The molecule has 1 aromatic heterocycles. The number of imidazole rings is 1. The van der Waals surface area contributed by atoms with Gasteiger partial charge in [-0.1, -0.05) is 72.8 Å². The zero-order chi connectivity index (χ0) is 18.9. The summed E-state index contributed by atoms with van der Waals surface area (Å²) < 4.78 is 4.13. The molecule has 0 atom stereocenters. The molecule has 0 spiro atoms. The first-order valence-electron chi connectivity index (χ1n) is 9.20. The van der Waals surface area contributed by atoms with Gasteiger partial charge in [0.05, 0.1) is 22.4 Å². The van der Waals surface area contributed by atoms with Crippen LogP contribution in [-0.4, -0.2) is 9.67 Å². The summed E-state index contributed by atoms with van der Waals surface area (Å²) in [5.74, 6) is 0.278. The van der Waals surface area contributed by atoms with Crippen molar-refractivity contribution in [2.24, 2.45) is 0 Å². The zero-order valence-corrected chi connectivity index (χ0v) is 15.2. The summed E-state index contributed by atoms with van der Waals surface area (Å²) in [6.45, 7) is 0. The van der Waals surface area contributed by atoms with Gasteiger partial charge in [0.15, 0.2) is 0 Å². The lowest BCUT2D eigenvalue weighted by Crippen LogP contribution is -2.29. The van der Waals surface area contributed by atoms with Crippen LogP contribution in [0, 0.1) is 6.33 Å². The zero-order valence-electron chi connectivity index (χ0n) is 15.2. The van der Waals surface area contributed by atoms with Crippen LogP contribution in [0.4, 0.5) is 0 Å². The Kier molecular flexibility index (Phi) is 3.91. The number of benzene rings is 4. The Bertz CT molecular complexity index is 1270. The van der Waals surface area contributed by atoms with Crippen LogP contribution in [0.2, 0.25) is 0 Å². The van der Waals surface area contributed by atoms with Gasteiger partial charge < -0.3 is 5.11 Å². The maximum Gasteiger partial charge on any atom is 0.269 e. The number of rotatable bonds is 3. The van der Waals surface area contributed by atoms with Crippen LogP contribution in [0.1, 0.15) is 0 Å². The molecule has 0 bridgehead atoms. The molecule has 4 aromatic carbocycles. The molecule has 134 valence electrons. The number of hydrogen-bond donors (Lipinski definition) is 1. The van der Waals surface area contributed by atoms with E-state index >= 15 is 0 Å². The fourth-order valence-corrected chi connectivity index (χ4v) is 3.55. The standard InChI is InChI=1S/C25H18N2O/c28-25-16-7-4-13-22(25)19-9-8-12-21(17-19)27-18-26(20-10-2-1-3-11-20)23-14-5-6-15-24(23)27/h1-17,28H. The van der Waals surface area contributed by atoms with E-state index in [0.717, 1.165) is 33.5 Å². The fraction of sp³-hybridized carbons (Fsp3) is 0. The number of phenols is 1. The summed E-state index contributed by atoms with van der Waals surface area (Å²) >= 11 is 0. The van der Waals surface area contributed by atoms with Crippen molar-refractivity contribution in [1.29, 1.82) is 0 Å². The highest BCUT2D eigenvalue weighted by Crippen LogP contribution is 2.29. The van der Waals surface area contributed by atoms with Gasteiger partial charge in [-0.15, -0.1) is 0 Å². The molecule has 5 rings (SSSR count). The summed E-state index contributed by atoms with van der Waals surface area (Å²) in [7, 11) is 0. The molecule has 0 unspecified atom stereocenters. The Hall–Kier alpha value is -3.85. The first kappa shape index (κ1) is 16.3. The minimum absolute atomic E-state index is 0.278. The number of para-hydroxylation sites is 4. The molecule has 0 radical (unpaired) electrons. The summed E-state index contributed by atoms with van der Waals surface area (Å²) in [6, 6.07) is 34.0. The lowest BCUT2D eigenvalue weighted by Gasteiger charge is -2.08. The predicted octanol–water partition coefficient (Wildman–Crippen LogP) is 5.08. The molecular weight excluding hydrogens is 344 g/mol. The summed E-state index contributed by atoms with van der Waals surface area (Å²) in [6.07, 6.45) is 3.49. The van der Waals surface area contributed by atoms with Crippen LogP contribution < -0.4 is 4.57 Å². The van der Waals surface area contributed by atoms with Gasteiger partial charge in [-0.3, -0.25) is 9.13 Å². The quantitative estimate of drug-likeness (QED) is 0.352. The largest absolute Gasteiger partial charge is 0.507 e. The Morgan fingerprint density at radius 1 is 0.714 bits per heavy atom. The highest BCUT2D eigenvalue weighted by atomic mass is 16.3. The molecule has 0 aliphatic heterocycles. The third kappa shape index (κ3) is 2.74. The Labute approximate surface area is 163 Å². The van der Waals surface area contributed by atoms with Gasteiger partial charge in [-0.05, 0) is 35.9 Å². The number of nitrogens with zero attached hydrogens (tertiary/aromatic N) is 2. The van der Waals surface area contributed by atoms with Crippen molar-refractivity contribution in [3.8, 4) is 28.3 Å². The fourth-order valence-electron chi connectivity index (χ4n) is 3.55. The van der Waals surface area contributed by atoms with Crippen molar-refractivity contribution in [2.45, 2.75) is 0 Å². The average molecular weight is 362 g/mol. The van der Waals surface area contributed by atoms with Crippen molar-refractivity contribution >= 4 is 11.0 Å². The van der Waals surface area contributed by atoms with E-state index in [9.17, 15) is 5.11 Å². The van der Waals surface area contributed by atoms with Crippen molar-refractivity contribution in [1.82, 2.24) is 4.57 Å². The van der Waals surface area contributed by atoms with Crippen molar-refractivity contribution in [3.63, 3.8) is 0 Å². The van der Waals surface area contributed by atoms with Crippen molar-refractivity contribution < 1.29 is 9.67 Å². The van der Waals surface area contributed by atoms with Gasteiger partial charge in [0.25, 0.3) is 6.33 Å². The minimum atomic E-state index is 0.278. The van der Waals surface area contributed by atoms with E-state index in [2.05, 4.69) is 51.9 Å². The first-order chi connectivity index (χ1) is 13.8. The van der Waals surface area contributed by atoms with E-state index in [-0.39, 0.29) is 5.75 Å². The number of fused-ring (bicyclic) bond motifs is 1. The molecule has 0 amide bonds. The molecule has 28 heavy (non-hydrogen) atoms. The highest BCUT2D eigenvalue weighted by Gasteiger charge is 2.12. The SMILES string of the molecule is Oc1ccccc1-c1cccc(-[n+]2[c-]n(-c3ccccc3)c3ccccc32)c1. The van der Waals surface area contributed by atoms with Crippen molar-refractivity contribution in [3.05, 3.63) is 109 Å². The second-order valence-electron chi connectivity index (χ2n) is 6.66. The number of aromatic hydroxyl groups is 1. The second kappa shape index (κ2) is 6.71. The van der Waals surface area contributed by atoms with E-state index in [1.165, 1.54) is 0 Å². The molecule has 0 saturated carbocycles. The summed E-state index contributed by atoms with van der Waals surface area (Å²) in [4.78, 5) is 0. The van der Waals surface area contributed by atoms with E-state index in [1.54, 1.807) is 6.07 Å². The van der Waals surface area contributed by atoms with Crippen LogP contribution in [-0.2, 0) is 0 Å². The molecule has 3 nitrogen and oxygen atoms in total. The Morgan fingerprint density at radius 3 is 2.32 bits per heavy atom. The lowest BCUT2D eigenvalue weighted by molar-refractivity contribution is -0.572. The van der Waals surface area contributed by atoms with E-state index in [0.29, 0.717) is 0 Å². The van der Waals surface area contributed by atoms with Crippen LogP contribution in [0.3, 0.4) is 0 Å². The molecule has 1 N–H and O–H groups in total. The summed E-state index contributed by atoms with van der Waals surface area (Å²) in [5, 5.41) is 10.2. The molecular formula is C25H18N2O. The van der Waals surface area contributed by atoms with Crippen LogP contribution in [0.5, 0.6) is 5.75 Å². The van der Waals surface area contributed by atoms with Crippen LogP contribution >= 0.6 is 0 Å². The normalized spacial score (nSPS) is 11.0. The van der Waals surface area contributed by atoms with Crippen LogP contribution in [0.25, 0.3) is 33.5 Å². The molecule has 0 aliphatic carbocycles. The van der Waals surface area contributed by atoms with E-state index in [1.807, 2.05) is 60.7 Å². The summed E-state index contributed by atoms with van der Waals surface area (Å²) in [5.41, 5.74) is 5.99. The van der Waals surface area contributed by atoms with E-state index < -0.39 is 0 Å². The molecule has 3 heteroatoms. The van der Waals surface area contributed by atoms with Gasteiger partial charge in [0, 0.05) is 5.56 Å². The van der Waals surface area contributed by atoms with E-state index in [4.69, 9.17) is 0 Å². The van der Waals surface area contributed by atoms with Crippen LogP contribution in [0.15, 0.2) is 103 Å². The molecule has 0 aliphatic rings. The van der Waals surface area contributed by atoms with Gasteiger partial charge in [0.1, 0.15) is 5.75 Å².